The van der Waals surface area contributed by atoms with Gasteiger partial charge in [-0.15, -0.1) is 0 Å². The highest BCUT2D eigenvalue weighted by Crippen LogP contribution is 2.24. The van der Waals surface area contributed by atoms with E-state index in [0.29, 0.717) is 13.2 Å². The molecule has 1 atom stereocenters. The molecule has 1 aromatic heterocycles. The van der Waals surface area contributed by atoms with Crippen molar-refractivity contribution in [3.63, 3.8) is 0 Å². The van der Waals surface area contributed by atoms with E-state index in [4.69, 9.17) is 4.74 Å². The van der Waals surface area contributed by atoms with Gasteiger partial charge in [0.05, 0.1) is 0 Å². The first-order chi connectivity index (χ1) is 11.7. The van der Waals surface area contributed by atoms with Gasteiger partial charge in [0.1, 0.15) is 5.60 Å². The minimum atomic E-state index is -0.637. The lowest BCUT2D eigenvalue weighted by Crippen LogP contribution is -2.52. The van der Waals surface area contributed by atoms with Crippen LogP contribution in [0.4, 0.5) is 5.95 Å². The van der Waals surface area contributed by atoms with E-state index in [1.54, 1.807) is 12.4 Å². The van der Waals surface area contributed by atoms with Crippen molar-refractivity contribution < 1.29 is 9.53 Å². The van der Waals surface area contributed by atoms with Crippen LogP contribution in [0.2, 0.25) is 0 Å². The Labute approximate surface area is 143 Å². The first kappa shape index (κ1) is 17.1. The summed E-state index contributed by atoms with van der Waals surface area (Å²) in [5.41, 5.74) is -0.637. The molecule has 2 saturated heterocycles. The van der Waals surface area contributed by atoms with Crippen LogP contribution in [0.15, 0.2) is 18.5 Å². The van der Waals surface area contributed by atoms with Gasteiger partial charge in [0.2, 0.25) is 5.95 Å². The van der Waals surface area contributed by atoms with Crippen LogP contribution in [0, 0.1) is 0 Å². The molecule has 24 heavy (non-hydrogen) atoms. The van der Waals surface area contributed by atoms with Crippen LogP contribution in [0.3, 0.4) is 0 Å². The van der Waals surface area contributed by atoms with Crippen LogP contribution in [0.1, 0.15) is 26.2 Å². The molecule has 3 heterocycles. The largest absolute Gasteiger partial charge is 0.365 e. The van der Waals surface area contributed by atoms with Crippen molar-refractivity contribution in [1.82, 2.24) is 20.2 Å². The third-order valence-electron chi connectivity index (χ3n) is 4.87. The molecule has 1 N–H and O–H groups in total. The van der Waals surface area contributed by atoms with E-state index in [2.05, 4.69) is 25.1 Å². The van der Waals surface area contributed by atoms with Gasteiger partial charge in [-0.1, -0.05) is 0 Å². The number of nitrogens with zero attached hydrogens (tertiary/aromatic N) is 4. The number of carbonyl (C=O) groups is 1. The highest BCUT2D eigenvalue weighted by Gasteiger charge is 2.35. The van der Waals surface area contributed by atoms with Gasteiger partial charge in [-0.3, -0.25) is 9.69 Å². The lowest BCUT2D eigenvalue weighted by Gasteiger charge is -2.35. The van der Waals surface area contributed by atoms with E-state index in [0.717, 1.165) is 57.9 Å². The maximum atomic E-state index is 12.3. The lowest BCUT2D eigenvalue weighted by atomic mass is 9.95. The molecule has 2 aliphatic rings. The molecule has 0 radical (unpaired) electrons. The van der Waals surface area contributed by atoms with Crippen LogP contribution in [-0.4, -0.2) is 72.3 Å². The van der Waals surface area contributed by atoms with Gasteiger partial charge >= 0.3 is 0 Å². The van der Waals surface area contributed by atoms with E-state index >= 15 is 0 Å². The number of amides is 1. The van der Waals surface area contributed by atoms with E-state index in [9.17, 15) is 4.79 Å². The van der Waals surface area contributed by atoms with Crippen molar-refractivity contribution in [1.29, 1.82) is 0 Å². The molecule has 132 valence electrons. The van der Waals surface area contributed by atoms with Gasteiger partial charge in [-0.2, -0.15) is 0 Å². The molecular weight excluding hydrogens is 306 g/mol. The second-order valence-electron chi connectivity index (χ2n) is 6.67. The summed E-state index contributed by atoms with van der Waals surface area (Å²) in [6, 6.07) is 1.83. The van der Waals surface area contributed by atoms with Crippen molar-refractivity contribution in [3.8, 4) is 0 Å². The lowest BCUT2D eigenvalue weighted by molar-refractivity contribution is -0.150. The minimum absolute atomic E-state index is 0.0264. The fraction of sp³-hybridized carbons (Fsp3) is 0.706. The molecule has 7 heteroatoms. The molecule has 0 spiro atoms. The predicted molar refractivity (Wildman–Crippen MR) is 91.9 cm³/mol. The Morgan fingerprint density at radius 2 is 2.00 bits per heavy atom. The molecular formula is C17H27N5O2. The van der Waals surface area contributed by atoms with Crippen LogP contribution in [-0.2, 0) is 9.53 Å². The summed E-state index contributed by atoms with van der Waals surface area (Å²) in [5.74, 6) is 0.825. The molecule has 1 aromatic rings. The van der Waals surface area contributed by atoms with Crippen molar-refractivity contribution >= 4 is 11.9 Å². The Kier molecular flexibility index (Phi) is 5.63. The Morgan fingerprint density at radius 1 is 1.25 bits per heavy atom. The Morgan fingerprint density at radius 3 is 2.67 bits per heavy atom. The minimum Gasteiger partial charge on any atom is -0.365 e. The van der Waals surface area contributed by atoms with E-state index in [-0.39, 0.29) is 5.91 Å². The molecule has 2 aliphatic heterocycles. The summed E-state index contributed by atoms with van der Waals surface area (Å²) in [6.45, 7) is 7.87. The number of nitrogens with one attached hydrogen (secondary N) is 1. The fourth-order valence-corrected chi connectivity index (χ4v) is 3.25. The molecule has 0 aliphatic carbocycles. The van der Waals surface area contributed by atoms with E-state index in [1.807, 2.05) is 13.0 Å². The van der Waals surface area contributed by atoms with Gasteiger partial charge in [0.25, 0.3) is 5.91 Å². The second kappa shape index (κ2) is 7.90. The monoisotopic (exact) mass is 333 g/mol. The molecule has 1 amide bonds. The topological polar surface area (TPSA) is 70.6 Å². The normalized spacial score (nSPS) is 25.5. The summed E-state index contributed by atoms with van der Waals surface area (Å²) >= 11 is 0. The van der Waals surface area contributed by atoms with Gasteiger partial charge in [0.15, 0.2) is 0 Å². The molecule has 7 nitrogen and oxygen atoms in total. The standard InChI is InChI=1S/C17H27N5O2/c1-17(5-2-3-14-24-17)15(23)18-8-9-21-10-12-22(13-11-21)16-19-6-4-7-20-16/h4,6-7H,2-3,5,8-14H2,1H3,(H,18,23)/t17-/m0/s1. The number of piperazine rings is 1. The number of anilines is 1. The third kappa shape index (κ3) is 4.21. The fourth-order valence-electron chi connectivity index (χ4n) is 3.25. The van der Waals surface area contributed by atoms with Crippen LogP contribution in [0.25, 0.3) is 0 Å². The molecule has 0 unspecified atom stereocenters. The quantitative estimate of drug-likeness (QED) is 0.854. The van der Waals surface area contributed by atoms with E-state index < -0.39 is 5.60 Å². The van der Waals surface area contributed by atoms with Crippen molar-refractivity contribution in [2.24, 2.45) is 0 Å². The number of hydrogen-bond acceptors (Lipinski definition) is 6. The first-order valence-corrected chi connectivity index (χ1v) is 8.84. The van der Waals surface area contributed by atoms with Crippen molar-refractivity contribution in [2.75, 3.05) is 50.8 Å². The Balaban J connectivity index is 1.37. The molecule has 0 saturated carbocycles. The average Bonchev–Trinajstić information content (AvgIpc) is 2.63. The van der Waals surface area contributed by atoms with Crippen LogP contribution in [0.5, 0.6) is 0 Å². The van der Waals surface area contributed by atoms with Gasteiger partial charge < -0.3 is 15.0 Å². The number of rotatable bonds is 5. The highest BCUT2D eigenvalue weighted by atomic mass is 16.5. The molecule has 0 aromatic carbocycles. The second-order valence-corrected chi connectivity index (χ2v) is 6.67. The zero-order valence-electron chi connectivity index (χ0n) is 14.4. The summed E-state index contributed by atoms with van der Waals surface area (Å²) in [6.07, 6.45) is 6.48. The number of aromatic nitrogens is 2. The van der Waals surface area contributed by atoms with Crippen molar-refractivity contribution in [2.45, 2.75) is 31.8 Å². The van der Waals surface area contributed by atoms with E-state index in [1.165, 1.54) is 0 Å². The van der Waals surface area contributed by atoms with Crippen LogP contribution >= 0.6 is 0 Å². The predicted octanol–water partition coefficient (Wildman–Crippen LogP) is 0.674. The SMILES string of the molecule is C[C@@]1(C(=O)NCCN2CCN(c3ncccn3)CC2)CCCCO1. The van der Waals surface area contributed by atoms with Crippen molar-refractivity contribution in [3.05, 3.63) is 18.5 Å². The van der Waals surface area contributed by atoms with Gasteiger partial charge in [-0.25, -0.2) is 9.97 Å². The van der Waals surface area contributed by atoms with Gasteiger partial charge in [0, 0.05) is 58.3 Å². The molecule has 2 fully saturated rings. The summed E-state index contributed by atoms with van der Waals surface area (Å²) < 4.78 is 5.69. The average molecular weight is 333 g/mol. The van der Waals surface area contributed by atoms with Gasteiger partial charge in [-0.05, 0) is 32.3 Å². The highest BCUT2D eigenvalue weighted by molar-refractivity contribution is 5.84. The van der Waals surface area contributed by atoms with Crippen LogP contribution < -0.4 is 10.2 Å². The molecule has 0 bridgehead atoms. The Bertz CT molecular complexity index is 525. The number of ether oxygens (including phenoxy) is 1. The maximum absolute atomic E-state index is 12.3. The Hall–Kier alpha value is -1.73. The zero-order chi connectivity index (χ0) is 16.8. The zero-order valence-corrected chi connectivity index (χ0v) is 14.4. The number of hydrogen-bond donors (Lipinski definition) is 1. The summed E-state index contributed by atoms with van der Waals surface area (Å²) in [5, 5.41) is 3.04. The first-order valence-electron chi connectivity index (χ1n) is 8.84. The smallest absolute Gasteiger partial charge is 0.252 e. The maximum Gasteiger partial charge on any atom is 0.252 e. The summed E-state index contributed by atoms with van der Waals surface area (Å²) in [7, 11) is 0. The molecule has 3 rings (SSSR count). The number of carbonyl (C=O) groups excluding carboxylic acids is 1. The summed E-state index contributed by atoms with van der Waals surface area (Å²) in [4.78, 5) is 25.5. The third-order valence-corrected chi connectivity index (χ3v) is 4.87.